The Morgan fingerprint density at radius 3 is 2.56 bits per heavy atom. The highest BCUT2D eigenvalue weighted by Crippen LogP contribution is 2.26. The average molecular weight is 365 g/mol. The molecule has 130 valence electrons. The third-order valence-corrected chi connectivity index (χ3v) is 3.44. The van der Waals surface area contributed by atoms with Gasteiger partial charge in [-0.3, -0.25) is 19.7 Å². The number of nitrogens with zero attached hydrogens (tertiary/aromatic N) is 2. The van der Waals surface area contributed by atoms with Crippen LogP contribution in [0.3, 0.4) is 0 Å². The number of benzene rings is 1. The Morgan fingerprint density at radius 2 is 1.96 bits per heavy atom. The maximum atomic E-state index is 12.5. The van der Waals surface area contributed by atoms with Crippen molar-refractivity contribution in [3.8, 4) is 5.75 Å². The molecule has 0 atom stereocenters. The molecule has 0 unspecified atom stereocenters. The van der Waals surface area contributed by atoms with E-state index in [1.54, 1.807) is 0 Å². The molecule has 2 rings (SSSR count). The summed E-state index contributed by atoms with van der Waals surface area (Å²) in [6.07, 6.45) is 1.23. The molecular formula is C15H13ClN4O5. The van der Waals surface area contributed by atoms with Crippen molar-refractivity contribution < 1.29 is 19.2 Å². The number of pyridine rings is 1. The van der Waals surface area contributed by atoms with Crippen molar-refractivity contribution in [2.75, 3.05) is 19.5 Å². The minimum Gasteiger partial charge on any atom is -0.496 e. The number of ether oxygens (including phenoxy) is 1. The van der Waals surface area contributed by atoms with Gasteiger partial charge in [0.25, 0.3) is 17.5 Å². The zero-order chi connectivity index (χ0) is 18.6. The lowest BCUT2D eigenvalue weighted by Crippen LogP contribution is -2.22. The first kappa shape index (κ1) is 18.1. The minimum absolute atomic E-state index is 0.0216. The van der Waals surface area contributed by atoms with Gasteiger partial charge in [-0.05, 0) is 12.1 Å². The number of methoxy groups -OCH3 is 1. The summed E-state index contributed by atoms with van der Waals surface area (Å²) in [5, 5.41) is 15.9. The second kappa shape index (κ2) is 7.58. The van der Waals surface area contributed by atoms with Crippen molar-refractivity contribution in [2.24, 2.45) is 0 Å². The summed E-state index contributed by atoms with van der Waals surface area (Å²) in [5.74, 6) is -1.07. The zero-order valence-corrected chi connectivity index (χ0v) is 14.0. The van der Waals surface area contributed by atoms with Crippen LogP contribution in [0.1, 0.15) is 20.7 Å². The van der Waals surface area contributed by atoms with Gasteiger partial charge in [0.15, 0.2) is 0 Å². The maximum absolute atomic E-state index is 12.5. The van der Waals surface area contributed by atoms with Gasteiger partial charge in [-0.2, -0.15) is 0 Å². The number of aromatic nitrogens is 1. The first-order valence-corrected chi connectivity index (χ1v) is 7.26. The van der Waals surface area contributed by atoms with Crippen LogP contribution in [0.25, 0.3) is 0 Å². The van der Waals surface area contributed by atoms with Gasteiger partial charge in [0.05, 0.1) is 34.9 Å². The van der Waals surface area contributed by atoms with E-state index < -0.39 is 16.7 Å². The molecule has 0 fully saturated rings. The van der Waals surface area contributed by atoms with E-state index in [4.69, 9.17) is 16.3 Å². The standard InChI is InChI=1S/C15H13ClN4O5/c1-17-14(21)10-7-18-13(16)6-11(10)19-15(22)9-4-3-8(20(23)24)5-12(9)25-2/h3-7H,1-2H3,(H,17,21)(H,18,19,22). The number of hydrogen-bond acceptors (Lipinski definition) is 6. The van der Waals surface area contributed by atoms with Crippen molar-refractivity contribution in [3.63, 3.8) is 0 Å². The highest BCUT2D eigenvalue weighted by molar-refractivity contribution is 6.30. The van der Waals surface area contributed by atoms with E-state index >= 15 is 0 Å². The Hall–Kier alpha value is -3.20. The van der Waals surface area contributed by atoms with Crippen LogP contribution in [-0.2, 0) is 0 Å². The number of amides is 2. The summed E-state index contributed by atoms with van der Waals surface area (Å²) in [4.78, 5) is 38.4. The monoisotopic (exact) mass is 364 g/mol. The molecule has 1 heterocycles. The number of anilines is 1. The second-order valence-corrected chi connectivity index (χ2v) is 5.11. The molecule has 25 heavy (non-hydrogen) atoms. The van der Waals surface area contributed by atoms with Crippen molar-refractivity contribution >= 4 is 34.8 Å². The molecule has 2 amide bonds. The first-order chi connectivity index (χ1) is 11.9. The minimum atomic E-state index is -0.626. The van der Waals surface area contributed by atoms with E-state index in [1.165, 1.54) is 38.6 Å². The van der Waals surface area contributed by atoms with Crippen molar-refractivity contribution in [1.29, 1.82) is 0 Å². The van der Waals surface area contributed by atoms with Crippen LogP contribution in [0, 0.1) is 10.1 Å². The van der Waals surface area contributed by atoms with E-state index in [0.717, 1.165) is 6.07 Å². The molecule has 0 aliphatic heterocycles. The molecule has 0 aliphatic carbocycles. The van der Waals surface area contributed by atoms with E-state index in [0.29, 0.717) is 0 Å². The van der Waals surface area contributed by atoms with Gasteiger partial charge in [-0.15, -0.1) is 0 Å². The fourth-order valence-electron chi connectivity index (χ4n) is 2.02. The maximum Gasteiger partial charge on any atom is 0.273 e. The lowest BCUT2D eigenvalue weighted by atomic mass is 10.1. The quantitative estimate of drug-likeness (QED) is 0.476. The Bertz CT molecular complexity index is 856. The van der Waals surface area contributed by atoms with Gasteiger partial charge < -0.3 is 15.4 Å². The van der Waals surface area contributed by atoms with E-state index in [1.807, 2.05) is 0 Å². The van der Waals surface area contributed by atoms with Gasteiger partial charge in [0.1, 0.15) is 10.9 Å². The number of nitrogens with one attached hydrogen (secondary N) is 2. The molecule has 1 aromatic heterocycles. The second-order valence-electron chi connectivity index (χ2n) is 4.73. The van der Waals surface area contributed by atoms with Crippen LogP contribution in [0.5, 0.6) is 5.75 Å². The molecule has 0 saturated carbocycles. The van der Waals surface area contributed by atoms with Crippen molar-refractivity contribution in [1.82, 2.24) is 10.3 Å². The number of carbonyl (C=O) groups is 2. The summed E-state index contributed by atoms with van der Waals surface area (Å²) >= 11 is 5.81. The third kappa shape index (κ3) is 4.01. The highest BCUT2D eigenvalue weighted by atomic mass is 35.5. The molecule has 2 N–H and O–H groups in total. The first-order valence-electron chi connectivity index (χ1n) is 6.88. The van der Waals surface area contributed by atoms with Gasteiger partial charge in [-0.25, -0.2) is 4.98 Å². The lowest BCUT2D eigenvalue weighted by molar-refractivity contribution is -0.384. The van der Waals surface area contributed by atoms with E-state index in [2.05, 4.69) is 15.6 Å². The third-order valence-electron chi connectivity index (χ3n) is 3.23. The molecule has 1 aromatic carbocycles. The normalized spacial score (nSPS) is 10.0. The fourth-order valence-corrected chi connectivity index (χ4v) is 2.18. The largest absolute Gasteiger partial charge is 0.496 e. The number of halogens is 1. The van der Waals surface area contributed by atoms with E-state index in [9.17, 15) is 19.7 Å². The molecule has 0 aliphatic rings. The molecule has 0 saturated heterocycles. The van der Waals surface area contributed by atoms with Gasteiger partial charge >= 0.3 is 0 Å². The average Bonchev–Trinajstić information content (AvgIpc) is 2.60. The summed E-state index contributed by atoms with van der Waals surface area (Å²) in [5.41, 5.74) is 0.0983. The van der Waals surface area contributed by atoms with Gasteiger partial charge in [-0.1, -0.05) is 11.6 Å². The molecular weight excluding hydrogens is 352 g/mol. The SMILES string of the molecule is CNC(=O)c1cnc(Cl)cc1NC(=O)c1ccc([N+](=O)[O-])cc1OC. The predicted molar refractivity (Wildman–Crippen MR) is 90.2 cm³/mol. The predicted octanol–water partition coefficient (Wildman–Crippen LogP) is 2.26. The Labute approximate surface area is 147 Å². The Morgan fingerprint density at radius 1 is 1.24 bits per heavy atom. The summed E-state index contributed by atoms with van der Waals surface area (Å²) in [6, 6.07) is 4.89. The number of nitro benzene ring substituents is 1. The molecule has 0 spiro atoms. The molecule has 9 nitrogen and oxygen atoms in total. The summed E-state index contributed by atoms with van der Waals surface area (Å²) in [6.45, 7) is 0. The Balaban J connectivity index is 2.39. The number of rotatable bonds is 5. The van der Waals surface area contributed by atoms with E-state index in [-0.39, 0.29) is 33.4 Å². The van der Waals surface area contributed by atoms with Crippen LogP contribution in [0.2, 0.25) is 5.15 Å². The summed E-state index contributed by atoms with van der Waals surface area (Å²) < 4.78 is 5.03. The fraction of sp³-hybridized carbons (Fsp3) is 0.133. The number of hydrogen-bond donors (Lipinski definition) is 2. The van der Waals surface area contributed by atoms with Crippen molar-refractivity contribution in [2.45, 2.75) is 0 Å². The van der Waals surface area contributed by atoms with Crippen LogP contribution < -0.4 is 15.4 Å². The molecule has 2 aromatic rings. The highest BCUT2D eigenvalue weighted by Gasteiger charge is 2.19. The van der Waals surface area contributed by atoms with Crippen LogP contribution in [0.15, 0.2) is 30.5 Å². The van der Waals surface area contributed by atoms with Gasteiger partial charge in [0, 0.05) is 19.3 Å². The Kier molecular flexibility index (Phi) is 5.50. The number of carbonyl (C=O) groups excluding carboxylic acids is 2. The zero-order valence-electron chi connectivity index (χ0n) is 13.2. The topological polar surface area (TPSA) is 123 Å². The number of non-ortho nitro benzene ring substituents is 1. The van der Waals surface area contributed by atoms with Crippen LogP contribution in [0.4, 0.5) is 11.4 Å². The van der Waals surface area contributed by atoms with Crippen LogP contribution in [-0.4, -0.2) is 35.9 Å². The van der Waals surface area contributed by atoms with Crippen LogP contribution >= 0.6 is 11.6 Å². The molecule has 0 radical (unpaired) electrons. The smallest absolute Gasteiger partial charge is 0.273 e. The molecule has 10 heteroatoms. The number of nitro groups is 1. The van der Waals surface area contributed by atoms with Crippen molar-refractivity contribution in [3.05, 3.63) is 56.9 Å². The van der Waals surface area contributed by atoms with Gasteiger partial charge in [0.2, 0.25) is 0 Å². The summed E-state index contributed by atoms with van der Waals surface area (Å²) in [7, 11) is 2.72. The molecule has 0 bridgehead atoms. The lowest BCUT2D eigenvalue weighted by Gasteiger charge is -2.12.